The predicted molar refractivity (Wildman–Crippen MR) is 95.9 cm³/mol. The molecule has 0 radical (unpaired) electrons. The smallest absolute Gasteiger partial charge is 0.252 e. The SMILES string of the molecule is Cc1noc([C@H]2CCCCN2C(=O)CCc2c(C)nc3ncnn3c2C)n1. The Morgan fingerprint density at radius 2 is 2.11 bits per heavy atom. The molecule has 1 aliphatic heterocycles. The lowest BCUT2D eigenvalue weighted by molar-refractivity contribution is -0.135. The van der Waals surface area contributed by atoms with Gasteiger partial charge < -0.3 is 9.42 Å². The van der Waals surface area contributed by atoms with Crippen molar-refractivity contribution >= 4 is 11.7 Å². The molecule has 9 nitrogen and oxygen atoms in total. The molecule has 0 unspecified atom stereocenters. The second-order valence-electron chi connectivity index (χ2n) is 7.01. The van der Waals surface area contributed by atoms with E-state index in [-0.39, 0.29) is 11.9 Å². The molecule has 1 atom stereocenters. The van der Waals surface area contributed by atoms with Gasteiger partial charge in [-0.25, -0.2) is 9.50 Å². The molecule has 27 heavy (non-hydrogen) atoms. The van der Waals surface area contributed by atoms with Crippen LogP contribution in [0.4, 0.5) is 0 Å². The zero-order valence-electron chi connectivity index (χ0n) is 15.8. The number of carbonyl (C=O) groups is 1. The molecule has 3 aromatic rings. The van der Waals surface area contributed by atoms with Gasteiger partial charge in [0, 0.05) is 24.4 Å². The van der Waals surface area contributed by atoms with Crippen LogP contribution in [0.2, 0.25) is 0 Å². The Bertz CT molecular complexity index is 977. The summed E-state index contributed by atoms with van der Waals surface area (Å²) in [6.45, 7) is 6.46. The lowest BCUT2D eigenvalue weighted by Crippen LogP contribution is -2.38. The number of aromatic nitrogens is 6. The standard InChI is InChI=1S/C18H23N7O2/c1-11-14(12(2)25-18(21-11)19-10-20-25)7-8-16(26)24-9-5-4-6-15(24)17-22-13(3)23-27-17/h10,15H,4-9H2,1-3H3/t15-/m1/s1. The zero-order valence-corrected chi connectivity index (χ0v) is 15.8. The molecule has 1 amide bonds. The highest BCUT2D eigenvalue weighted by Gasteiger charge is 2.31. The monoisotopic (exact) mass is 369 g/mol. The van der Waals surface area contributed by atoms with Gasteiger partial charge in [-0.2, -0.15) is 15.1 Å². The first-order chi connectivity index (χ1) is 13.0. The van der Waals surface area contributed by atoms with Gasteiger partial charge >= 0.3 is 0 Å². The van der Waals surface area contributed by atoms with Crippen LogP contribution >= 0.6 is 0 Å². The minimum atomic E-state index is -0.120. The van der Waals surface area contributed by atoms with Gasteiger partial charge in [0.2, 0.25) is 11.8 Å². The number of rotatable bonds is 4. The van der Waals surface area contributed by atoms with Crippen molar-refractivity contribution in [1.29, 1.82) is 0 Å². The summed E-state index contributed by atoms with van der Waals surface area (Å²) in [6, 6.07) is -0.120. The van der Waals surface area contributed by atoms with Crippen LogP contribution in [0.25, 0.3) is 5.78 Å². The van der Waals surface area contributed by atoms with Crippen LogP contribution in [0.1, 0.15) is 60.4 Å². The van der Waals surface area contributed by atoms with Gasteiger partial charge in [-0.3, -0.25) is 4.79 Å². The Balaban J connectivity index is 1.51. The number of carbonyl (C=O) groups excluding carboxylic acids is 1. The Kier molecular flexibility index (Phi) is 4.59. The highest BCUT2D eigenvalue weighted by atomic mass is 16.5. The van der Waals surface area contributed by atoms with Crippen molar-refractivity contribution in [2.24, 2.45) is 0 Å². The van der Waals surface area contributed by atoms with Crippen LogP contribution in [0.3, 0.4) is 0 Å². The minimum Gasteiger partial charge on any atom is -0.337 e. The molecule has 0 bridgehead atoms. The quantitative estimate of drug-likeness (QED) is 0.694. The molecule has 0 saturated carbocycles. The Morgan fingerprint density at radius 3 is 2.89 bits per heavy atom. The van der Waals surface area contributed by atoms with Crippen molar-refractivity contribution in [3.05, 3.63) is 35.0 Å². The Labute approximate surface area is 156 Å². The van der Waals surface area contributed by atoms with E-state index >= 15 is 0 Å². The molecular formula is C18H23N7O2. The molecule has 142 valence electrons. The van der Waals surface area contributed by atoms with Crippen molar-refractivity contribution in [1.82, 2.24) is 34.6 Å². The van der Waals surface area contributed by atoms with Gasteiger partial charge in [0.25, 0.3) is 5.78 Å². The summed E-state index contributed by atoms with van der Waals surface area (Å²) in [4.78, 5) is 27.8. The van der Waals surface area contributed by atoms with E-state index in [2.05, 4.69) is 25.2 Å². The molecule has 0 aromatic carbocycles. The average Bonchev–Trinajstić information content (AvgIpc) is 3.30. The average molecular weight is 369 g/mol. The fourth-order valence-corrected chi connectivity index (χ4v) is 3.83. The van der Waals surface area contributed by atoms with Crippen molar-refractivity contribution in [3.63, 3.8) is 0 Å². The molecule has 9 heteroatoms. The predicted octanol–water partition coefficient (Wildman–Crippen LogP) is 2.12. The third-order valence-electron chi connectivity index (χ3n) is 5.23. The van der Waals surface area contributed by atoms with E-state index in [1.807, 2.05) is 18.7 Å². The van der Waals surface area contributed by atoms with Crippen molar-refractivity contribution in [3.8, 4) is 0 Å². The highest BCUT2D eigenvalue weighted by Crippen LogP contribution is 2.30. The Morgan fingerprint density at radius 1 is 1.26 bits per heavy atom. The van der Waals surface area contributed by atoms with Gasteiger partial charge in [-0.1, -0.05) is 5.16 Å². The van der Waals surface area contributed by atoms with Gasteiger partial charge in [-0.05, 0) is 52.0 Å². The number of nitrogens with zero attached hydrogens (tertiary/aromatic N) is 7. The first-order valence-electron chi connectivity index (χ1n) is 9.30. The zero-order chi connectivity index (χ0) is 19.0. The molecule has 1 saturated heterocycles. The largest absolute Gasteiger partial charge is 0.337 e. The summed E-state index contributed by atoms with van der Waals surface area (Å²) in [6.07, 6.45) is 5.44. The summed E-state index contributed by atoms with van der Waals surface area (Å²) in [5.41, 5.74) is 2.91. The van der Waals surface area contributed by atoms with E-state index in [1.54, 1.807) is 11.4 Å². The highest BCUT2D eigenvalue weighted by molar-refractivity contribution is 5.77. The number of hydrogen-bond acceptors (Lipinski definition) is 7. The summed E-state index contributed by atoms with van der Waals surface area (Å²) < 4.78 is 7.06. The van der Waals surface area contributed by atoms with Crippen LogP contribution < -0.4 is 0 Å². The normalized spacial score (nSPS) is 17.6. The van der Waals surface area contributed by atoms with E-state index in [0.29, 0.717) is 30.3 Å². The Hall–Kier alpha value is -2.84. The van der Waals surface area contributed by atoms with E-state index in [0.717, 1.165) is 42.8 Å². The molecule has 4 rings (SSSR count). The van der Waals surface area contributed by atoms with Crippen molar-refractivity contribution in [2.75, 3.05) is 6.54 Å². The summed E-state index contributed by atoms with van der Waals surface area (Å²) >= 11 is 0. The number of fused-ring (bicyclic) bond motifs is 1. The molecule has 3 aromatic heterocycles. The second-order valence-corrected chi connectivity index (χ2v) is 7.01. The third kappa shape index (κ3) is 3.29. The van der Waals surface area contributed by atoms with Crippen LogP contribution in [0, 0.1) is 20.8 Å². The first-order valence-corrected chi connectivity index (χ1v) is 9.30. The molecule has 0 N–H and O–H groups in total. The minimum absolute atomic E-state index is 0.105. The summed E-state index contributed by atoms with van der Waals surface area (Å²) in [5.74, 6) is 1.83. The maximum Gasteiger partial charge on any atom is 0.252 e. The number of likely N-dealkylation sites (tertiary alicyclic amines) is 1. The number of amides is 1. The topological polar surface area (TPSA) is 102 Å². The van der Waals surface area contributed by atoms with Crippen LogP contribution in [0.15, 0.2) is 10.9 Å². The van der Waals surface area contributed by atoms with Gasteiger partial charge in [-0.15, -0.1) is 0 Å². The fourth-order valence-electron chi connectivity index (χ4n) is 3.83. The van der Waals surface area contributed by atoms with Crippen molar-refractivity contribution in [2.45, 2.75) is 58.9 Å². The lowest BCUT2D eigenvalue weighted by atomic mass is 10.00. The van der Waals surface area contributed by atoms with E-state index in [1.165, 1.54) is 6.33 Å². The van der Waals surface area contributed by atoms with Crippen LogP contribution in [0.5, 0.6) is 0 Å². The molecule has 0 spiro atoms. The number of hydrogen-bond donors (Lipinski definition) is 0. The second kappa shape index (κ2) is 7.05. The molecule has 1 aliphatic rings. The summed E-state index contributed by atoms with van der Waals surface area (Å²) in [7, 11) is 0. The molecule has 1 fully saturated rings. The van der Waals surface area contributed by atoms with Gasteiger partial charge in [0.05, 0.1) is 0 Å². The van der Waals surface area contributed by atoms with E-state index in [9.17, 15) is 4.79 Å². The third-order valence-corrected chi connectivity index (χ3v) is 5.23. The molecule has 4 heterocycles. The maximum absolute atomic E-state index is 13.0. The fraction of sp³-hybridized carbons (Fsp3) is 0.556. The van der Waals surface area contributed by atoms with Gasteiger partial charge in [0.15, 0.2) is 5.82 Å². The van der Waals surface area contributed by atoms with E-state index < -0.39 is 0 Å². The van der Waals surface area contributed by atoms with Crippen LogP contribution in [-0.4, -0.2) is 47.1 Å². The maximum atomic E-state index is 13.0. The first kappa shape index (κ1) is 17.6. The molecule has 0 aliphatic carbocycles. The lowest BCUT2D eigenvalue weighted by Gasteiger charge is -2.33. The summed E-state index contributed by atoms with van der Waals surface area (Å²) in [5, 5.41) is 8.09. The van der Waals surface area contributed by atoms with Gasteiger partial charge in [0.1, 0.15) is 12.4 Å². The van der Waals surface area contributed by atoms with Crippen molar-refractivity contribution < 1.29 is 9.32 Å². The molecular weight excluding hydrogens is 346 g/mol. The number of piperidine rings is 1. The van der Waals surface area contributed by atoms with Crippen LogP contribution in [-0.2, 0) is 11.2 Å². The van der Waals surface area contributed by atoms with E-state index in [4.69, 9.17) is 4.52 Å². The number of aryl methyl sites for hydroxylation is 3.